The average molecular weight is 232 g/mol. The van der Waals surface area contributed by atoms with Crippen molar-refractivity contribution in [2.75, 3.05) is 0 Å². The molecule has 0 aliphatic carbocycles. The summed E-state index contributed by atoms with van der Waals surface area (Å²) in [5.41, 5.74) is 2.54. The van der Waals surface area contributed by atoms with Crippen LogP contribution in [0.4, 0.5) is 5.69 Å². The second kappa shape index (κ2) is 5.97. The van der Waals surface area contributed by atoms with E-state index in [1.807, 2.05) is 0 Å². The van der Waals surface area contributed by atoms with Crippen LogP contribution >= 0.6 is 0 Å². The molecule has 0 bridgehead atoms. The summed E-state index contributed by atoms with van der Waals surface area (Å²) in [7, 11) is 0. The van der Waals surface area contributed by atoms with E-state index in [0.717, 1.165) is 0 Å². The van der Waals surface area contributed by atoms with E-state index in [9.17, 15) is 14.9 Å². The lowest BCUT2D eigenvalue weighted by Gasteiger charge is -1.95. The minimum Gasteiger partial charge on any atom is -0.272 e. The van der Waals surface area contributed by atoms with E-state index in [-0.39, 0.29) is 12.1 Å². The zero-order valence-corrected chi connectivity index (χ0v) is 8.66. The molecule has 7 nitrogen and oxygen atoms in total. The quantitative estimate of drug-likeness (QED) is 0.473. The Labute approximate surface area is 96.5 Å². The Balaban J connectivity index is 2.66. The molecule has 1 aromatic rings. The molecule has 1 N–H and O–H groups in total. The number of nitriles is 1. The van der Waals surface area contributed by atoms with Crippen molar-refractivity contribution in [2.24, 2.45) is 5.10 Å². The number of nitrogens with one attached hydrogen (secondary N) is 1. The zero-order chi connectivity index (χ0) is 12.7. The number of hydrogen-bond acceptors (Lipinski definition) is 5. The standard InChI is InChI=1S/C10H8N4O3/c11-5-4-10(15)13-12-7-8-2-1-3-9(6-8)14(16)17/h1-3,6-7H,4H2,(H,13,15)/b12-7-. The van der Waals surface area contributed by atoms with Crippen LogP contribution < -0.4 is 5.43 Å². The van der Waals surface area contributed by atoms with Gasteiger partial charge in [-0.15, -0.1) is 0 Å². The third kappa shape index (κ3) is 4.09. The maximum Gasteiger partial charge on any atom is 0.270 e. The number of nitro benzene ring substituents is 1. The van der Waals surface area contributed by atoms with Gasteiger partial charge in [0.05, 0.1) is 17.2 Å². The third-order valence-corrected chi connectivity index (χ3v) is 1.72. The van der Waals surface area contributed by atoms with E-state index >= 15 is 0 Å². The highest BCUT2D eigenvalue weighted by Gasteiger charge is 2.03. The highest BCUT2D eigenvalue weighted by Crippen LogP contribution is 2.11. The van der Waals surface area contributed by atoms with Crippen LogP contribution in [0.25, 0.3) is 0 Å². The van der Waals surface area contributed by atoms with Gasteiger partial charge >= 0.3 is 0 Å². The van der Waals surface area contributed by atoms with Crippen molar-refractivity contribution < 1.29 is 9.72 Å². The van der Waals surface area contributed by atoms with Crippen LogP contribution in [0.3, 0.4) is 0 Å². The predicted octanol–water partition coefficient (Wildman–Crippen LogP) is 0.959. The first-order valence-electron chi connectivity index (χ1n) is 4.57. The summed E-state index contributed by atoms with van der Waals surface area (Å²) < 4.78 is 0. The lowest BCUT2D eigenvalue weighted by molar-refractivity contribution is -0.384. The molecule has 0 heterocycles. The Hall–Kier alpha value is -2.75. The molecule has 7 heteroatoms. The number of nitro groups is 1. The average Bonchev–Trinajstić information content (AvgIpc) is 2.30. The van der Waals surface area contributed by atoms with Crippen molar-refractivity contribution in [3.8, 4) is 6.07 Å². The molecule has 1 amide bonds. The zero-order valence-electron chi connectivity index (χ0n) is 8.66. The summed E-state index contributed by atoms with van der Waals surface area (Å²) in [6.07, 6.45) is 0.981. The predicted molar refractivity (Wildman–Crippen MR) is 59.1 cm³/mol. The SMILES string of the molecule is N#CCC(=O)N/N=C\c1cccc([N+](=O)[O-])c1. The first-order chi connectivity index (χ1) is 8.13. The van der Waals surface area contributed by atoms with Crippen molar-refractivity contribution in [1.82, 2.24) is 5.43 Å². The normalized spacial score (nSPS) is 9.82. The Morgan fingerprint density at radius 2 is 2.41 bits per heavy atom. The van der Waals surface area contributed by atoms with E-state index in [0.29, 0.717) is 5.56 Å². The fourth-order valence-electron chi connectivity index (χ4n) is 1.01. The molecule has 17 heavy (non-hydrogen) atoms. The van der Waals surface area contributed by atoms with Crippen molar-refractivity contribution in [3.63, 3.8) is 0 Å². The third-order valence-electron chi connectivity index (χ3n) is 1.72. The van der Waals surface area contributed by atoms with Crippen molar-refractivity contribution in [3.05, 3.63) is 39.9 Å². The topological polar surface area (TPSA) is 108 Å². The molecule has 0 spiro atoms. The second-order valence-corrected chi connectivity index (χ2v) is 2.98. The van der Waals surface area contributed by atoms with E-state index in [2.05, 4.69) is 10.5 Å². The smallest absolute Gasteiger partial charge is 0.270 e. The number of benzene rings is 1. The number of rotatable bonds is 4. The molecule has 0 aliphatic rings. The van der Waals surface area contributed by atoms with E-state index in [4.69, 9.17) is 5.26 Å². The fraction of sp³-hybridized carbons (Fsp3) is 0.100. The lowest BCUT2D eigenvalue weighted by atomic mass is 10.2. The maximum atomic E-state index is 10.9. The van der Waals surface area contributed by atoms with E-state index in [1.54, 1.807) is 12.1 Å². The van der Waals surface area contributed by atoms with Gasteiger partial charge in [0.25, 0.3) is 11.6 Å². The number of hydrazone groups is 1. The van der Waals surface area contributed by atoms with Gasteiger partial charge in [-0.3, -0.25) is 14.9 Å². The highest BCUT2D eigenvalue weighted by atomic mass is 16.6. The Bertz CT molecular complexity index is 505. The molecule has 0 fully saturated rings. The fourth-order valence-corrected chi connectivity index (χ4v) is 1.01. The van der Waals surface area contributed by atoms with Crippen LogP contribution in [0.2, 0.25) is 0 Å². The van der Waals surface area contributed by atoms with Crippen LogP contribution in [-0.4, -0.2) is 17.0 Å². The first kappa shape index (κ1) is 12.3. The molecule has 86 valence electrons. The monoisotopic (exact) mass is 232 g/mol. The van der Waals surface area contributed by atoms with Crippen LogP contribution in [-0.2, 0) is 4.79 Å². The van der Waals surface area contributed by atoms with Crippen LogP contribution in [0.15, 0.2) is 29.4 Å². The molecule has 1 aromatic carbocycles. The molecule has 1 rings (SSSR count). The van der Waals surface area contributed by atoms with Gasteiger partial charge in [0.2, 0.25) is 0 Å². The van der Waals surface area contributed by atoms with Crippen molar-refractivity contribution in [2.45, 2.75) is 6.42 Å². The summed E-state index contributed by atoms with van der Waals surface area (Å²) in [4.78, 5) is 20.8. The van der Waals surface area contributed by atoms with Gasteiger partial charge in [-0.05, 0) is 0 Å². The summed E-state index contributed by atoms with van der Waals surface area (Å²) in [6, 6.07) is 7.45. The van der Waals surface area contributed by atoms with Gasteiger partial charge in [0.15, 0.2) is 0 Å². The van der Waals surface area contributed by atoms with Gasteiger partial charge in [0.1, 0.15) is 6.42 Å². The number of non-ortho nitro benzene ring substituents is 1. The summed E-state index contributed by atoms with van der Waals surface area (Å²) >= 11 is 0. The molecule has 0 saturated carbocycles. The summed E-state index contributed by atoms with van der Waals surface area (Å²) in [5.74, 6) is -0.533. The molecular weight excluding hydrogens is 224 g/mol. The maximum absolute atomic E-state index is 10.9. The van der Waals surface area contributed by atoms with Crippen molar-refractivity contribution in [1.29, 1.82) is 5.26 Å². The van der Waals surface area contributed by atoms with Gasteiger partial charge in [-0.25, -0.2) is 5.43 Å². The minimum atomic E-state index is -0.533. The molecular formula is C10H8N4O3. The summed E-state index contributed by atoms with van der Waals surface area (Å²) in [5, 5.41) is 22.3. The molecule has 0 unspecified atom stereocenters. The van der Waals surface area contributed by atoms with Gasteiger partial charge in [0, 0.05) is 17.7 Å². The van der Waals surface area contributed by atoms with E-state index in [1.165, 1.54) is 24.4 Å². The van der Waals surface area contributed by atoms with Crippen LogP contribution in [0.5, 0.6) is 0 Å². The molecule has 0 atom stereocenters. The molecule has 0 radical (unpaired) electrons. The Morgan fingerprint density at radius 1 is 1.65 bits per heavy atom. The van der Waals surface area contributed by atoms with Crippen LogP contribution in [0.1, 0.15) is 12.0 Å². The first-order valence-corrected chi connectivity index (χ1v) is 4.57. The highest BCUT2D eigenvalue weighted by molar-refractivity contribution is 5.83. The molecule has 0 aromatic heterocycles. The van der Waals surface area contributed by atoms with Gasteiger partial charge in [-0.2, -0.15) is 10.4 Å². The Kier molecular flexibility index (Phi) is 4.33. The van der Waals surface area contributed by atoms with Crippen molar-refractivity contribution >= 4 is 17.8 Å². The number of amides is 1. The second-order valence-electron chi connectivity index (χ2n) is 2.98. The van der Waals surface area contributed by atoms with Crippen LogP contribution in [0, 0.1) is 21.4 Å². The number of nitrogens with zero attached hydrogens (tertiary/aromatic N) is 3. The number of carbonyl (C=O) groups excluding carboxylic acids is 1. The largest absolute Gasteiger partial charge is 0.272 e. The molecule has 0 saturated heterocycles. The minimum absolute atomic E-state index is 0.0581. The Morgan fingerprint density at radius 3 is 3.06 bits per heavy atom. The van der Waals surface area contributed by atoms with E-state index < -0.39 is 10.8 Å². The molecule has 0 aliphatic heterocycles. The van der Waals surface area contributed by atoms with Gasteiger partial charge < -0.3 is 0 Å². The number of hydrogen-bond donors (Lipinski definition) is 1. The summed E-state index contributed by atoms with van der Waals surface area (Å²) in [6.45, 7) is 0. The number of carbonyl (C=O) groups is 1. The van der Waals surface area contributed by atoms with Gasteiger partial charge in [-0.1, -0.05) is 12.1 Å². The lowest BCUT2D eigenvalue weighted by Crippen LogP contribution is -2.16.